The fraction of sp³-hybridized carbons (Fsp3) is 0.500. The number of carboxylic acid groups (broad SMARTS) is 1. The molecular formula is C14H17N3O2S2. The molecule has 2 unspecified atom stereocenters. The number of carbonyl (C=O) groups is 1. The van der Waals surface area contributed by atoms with Crippen molar-refractivity contribution in [2.24, 2.45) is 0 Å². The van der Waals surface area contributed by atoms with E-state index >= 15 is 0 Å². The van der Waals surface area contributed by atoms with Crippen LogP contribution in [-0.2, 0) is 0 Å². The molecule has 7 heteroatoms. The molecule has 1 saturated carbocycles. The molecule has 0 amide bonds. The van der Waals surface area contributed by atoms with E-state index in [1.165, 1.54) is 30.5 Å². The Kier molecular flexibility index (Phi) is 4.03. The van der Waals surface area contributed by atoms with Gasteiger partial charge in [-0.15, -0.1) is 11.3 Å². The summed E-state index contributed by atoms with van der Waals surface area (Å²) in [6.07, 6.45) is 7.22. The fourth-order valence-corrected chi connectivity index (χ4v) is 4.86. The summed E-state index contributed by atoms with van der Waals surface area (Å²) in [5.74, 6) is -0.128. The first kappa shape index (κ1) is 14.6. The van der Waals surface area contributed by atoms with E-state index in [9.17, 15) is 9.90 Å². The molecule has 1 fully saturated rings. The Balaban J connectivity index is 2.00. The molecule has 2 aromatic heterocycles. The van der Waals surface area contributed by atoms with Crippen LogP contribution in [0.3, 0.4) is 0 Å². The maximum Gasteiger partial charge on any atom is 0.346 e. The molecule has 5 nitrogen and oxygen atoms in total. The summed E-state index contributed by atoms with van der Waals surface area (Å²) < 4.78 is 0. The molecule has 1 aliphatic carbocycles. The Labute approximate surface area is 131 Å². The number of anilines is 1. The van der Waals surface area contributed by atoms with E-state index in [2.05, 4.69) is 21.5 Å². The largest absolute Gasteiger partial charge is 0.477 e. The molecule has 0 radical (unpaired) electrons. The van der Waals surface area contributed by atoms with Gasteiger partial charge in [0, 0.05) is 11.3 Å². The number of aromatic nitrogens is 2. The average Bonchev–Trinajstić information content (AvgIpc) is 3.04. The van der Waals surface area contributed by atoms with E-state index in [1.54, 1.807) is 0 Å². The monoisotopic (exact) mass is 323 g/mol. The highest BCUT2D eigenvalue weighted by atomic mass is 32.2. The van der Waals surface area contributed by atoms with Gasteiger partial charge in [-0.2, -0.15) is 11.8 Å². The Morgan fingerprint density at radius 3 is 3.00 bits per heavy atom. The number of carboxylic acids is 1. The third-order valence-corrected chi connectivity index (χ3v) is 6.36. The summed E-state index contributed by atoms with van der Waals surface area (Å²) in [5.41, 5.74) is 0.754. The lowest BCUT2D eigenvalue weighted by atomic mass is 10.2. The Morgan fingerprint density at radius 2 is 2.29 bits per heavy atom. The summed E-state index contributed by atoms with van der Waals surface area (Å²) in [7, 11) is 0. The third-order valence-electron chi connectivity index (χ3n) is 4.00. The van der Waals surface area contributed by atoms with Gasteiger partial charge in [0.2, 0.25) is 0 Å². The van der Waals surface area contributed by atoms with E-state index in [0.29, 0.717) is 16.2 Å². The maximum atomic E-state index is 11.3. The van der Waals surface area contributed by atoms with Gasteiger partial charge in [0.05, 0.1) is 5.39 Å². The second-order valence-corrected chi connectivity index (χ2v) is 7.30. The van der Waals surface area contributed by atoms with Crippen LogP contribution < -0.4 is 5.32 Å². The predicted molar refractivity (Wildman–Crippen MR) is 87.7 cm³/mol. The van der Waals surface area contributed by atoms with Gasteiger partial charge in [-0.05, 0) is 31.6 Å². The first-order chi connectivity index (χ1) is 10.1. The first-order valence-electron chi connectivity index (χ1n) is 6.88. The molecule has 2 aromatic rings. The van der Waals surface area contributed by atoms with Crippen LogP contribution in [0.25, 0.3) is 10.2 Å². The zero-order valence-corrected chi connectivity index (χ0v) is 13.6. The summed E-state index contributed by atoms with van der Waals surface area (Å²) in [4.78, 5) is 20.9. The van der Waals surface area contributed by atoms with Gasteiger partial charge in [0.25, 0.3) is 0 Å². The molecule has 2 N–H and O–H groups in total. The Bertz CT molecular complexity index is 686. The topological polar surface area (TPSA) is 75.1 Å². The highest BCUT2D eigenvalue weighted by Gasteiger charge is 2.28. The van der Waals surface area contributed by atoms with Gasteiger partial charge < -0.3 is 10.4 Å². The lowest BCUT2D eigenvalue weighted by Gasteiger charge is -2.20. The van der Waals surface area contributed by atoms with Gasteiger partial charge in [-0.1, -0.05) is 6.42 Å². The quantitative estimate of drug-likeness (QED) is 0.898. The molecule has 0 spiro atoms. The van der Waals surface area contributed by atoms with E-state index in [1.807, 2.05) is 18.7 Å². The normalized spacial score (nSPS) is 21.8. The lowest BCUT2D eigenvalue weighted by molar-refractivity contribution is 0.0701. The minimum absolute atomic E-state index is 0.349. The second-order valence-electron chi connectivity index (χ2n) is 5.22. The molecule has 0 aromatic carbocycles. The number of hydrogen-bond donors (Lipinski definition) is 2. The molecule has 2 atom stereocenters. The average molecular weight is 323 g/mol. The highest BCUT2D eigenvalue weighted by molar-refractivity contribution is 7.99. The van der Waals surface area contributed by atoms with Gasteiger partial charge in [-0.3, -0.25) is 0 Å². The van der Waals surface area contributed by atoms with Crippen LogP contribution in [-0.4, -0.2) is 38.6 Å². The smallest absolute Gasteiger partial charge is 0.346 e. The van der Waals surface area contributed by atoms with Crippen LogP contribution in [0.5, 0.6) is 0 Å². The molecule has 21 heavy (non-hydrogen) atoms. The van der Waals surface area contributed by atoms with E-state index < -0.39 is 5.97 Å². The zero-order valence-electron chi connectivity index (χ0n) is 11.9. The molecule has 0 bridgehead atoms. The van der Waals surface area contributed by atoms with Crippen molar-refractivity contribution in [2.75, 3.05) is 11.6 Å². The molecule has 0 aliphatic heterocycles. The number of nitrogens with zero attached hydrogens (tertiary/aromatic N) is 2. The number of hydrogen-bond acceptors (Lipinski definition) is 6. The Hall–Kier alpha value is -1.34. The van der Waals surface area contributed by atoms with E-state index in [4.69, 9.17) is 0 Å². The van der Waals surface area contributed by atoms with Crippen molar-refractivity contribution in [2.45, 2.75) is 37.5 Å². The van der Waals surface area contributed by atoms with Crippen LogP contribution in [0.4, 0.5) is 5.82 Å². The molecule has 1 aliphatic rings. The number of thioether (sulfide) groups is 1. The van der Waals surface area contributed by atoms with Crippen molar-refractivity contribution in [3.8, 4) is 0 Å². The van der Waals surface area contributed by atoms with Crippen LogP contribution in [0, 0.1) is 6.92 Å². The van der Waals surface area contributed by atoms with Gasteiger partial charge >= 0.3 is 5.97 Å². The minimum Gasteiger partial charge on any atom is -0.477 e. The van der Waals surface area contributed by atoms with E-state index in [-0.39, 0.29) is 0 Å². The van der Waals surface area contributed by atoms with Gasteiger partial charge in [0.1, 0.15) is 21.9 Å². The molecule has 2 heterocycles. The summed E-state index contributed by atoms with van der Waals surface area (Å²) >= 11 is 3.10. The van der Waals surface area contributed by atoms with Gasteiger partial charge in [0.15, 0.2) is 0 Å². The van der Waals surface area contributed by atoms with Crippen molar-refractivity contribution >= 4 is 45.1 Å². The SMILES string of the molecule is CSC1CCCC1Nc1ncnc2sc(C(=O)O)c(C)c12. The Morgan fingerprint density at radius 1 is 1.48 bits per heavy atom. The number of fused-ring (bicyclic) bond motifs is 1. The van der Waals surface area contributed by atoms with Crippen LogP contribution >= 0.6 is 23.1 Å². The van der Waals surface area contributed by atoms with Crippen LogP contribution in [0.15, 0.2) is 6.33 Å². The summed E-state index contributed by atoms with van der Waals surface area (Å²) in [6.45, 7) is 1.83. The summed E-state index contributed by atoms with van der Waals surface area (Å²) in [6, 6.07) is 0.394. The fourth-order valence-electron chi connectivity index (χ4n) is 2.93. The van der Waals surface area contributed by atoms with E-state index in [0.717, 1.165) is 28.0 Å². The molecule has 3 rings (SSSR count). The maximum absolute atomic E-state index is 11.3. The van der Waals surface area contributed by atoms with Crippen molar-refractivity contribution < 1.29 is 9.90 Å². The number of aromatic carboxylic acids is 1. The number of nitrogens with one attached hydrogen (secondary N) is 1. The minimum atomic E-state index is -0.899. The predicted octanol–water partition coefficient (Wildman–Crippen LogP) is 3.39. The highest BCUT2D eigenvalue weighted by Crippen LogP contribution is 2.36. The first-order valence-corrected chi connectivity index (χ1v) is 8.99. The van der Waals surface area contributed by atoms with Crippen LogP contribution in [0.2, 0.25) is 0 Å². The molecule has 112 valence electrons. The zero-order chi connectivity index (χ0) is 15.0. The standard InChI is InChI=1S/C14H17N3O2S2/c1-7-10-12(17-8-4-3-5-9(8)20-2)15-6-16-13(10)21-11(7)14(18)19/h6,8-9H,3-5H2,1-2H3,(H,18,19)(H,15,16,17). The van der Waals surface area contributed by atoms with Crippen LogP contribution in [0.1, 0.15) is 34.5 Å². The summed E-state index contributed by atoms with van der Waals surface area (Å²) in [5, 5.41) is 14.2. The lowest BCUT2D eigenvalue weighted by Crippen LogP contribution is -2.26. The number of rotatable bonds is 4. The number of thiophene rings is 1. The van der Waals surface area contributed by atoms with Crippen molar-refractivity contribution in [1.29, 1.82) is 0 Å². The number of aryl methyl sites for hydroxylation is 1. The van der Waals surface area contributed by atoms with Crippen molar-refractivity contribution in [3.63, 3.8) is 0 Å². The van der Waals surface area contributed by atoms with Gasteiger partial charge in [-0.25, -0.2) is 14.8 Å². The molecule has 0 saturated heterocycles. The molecular weight excluding hydrogens is 306 g/mol. The second kappa shape index (κ2) is 5.81. The third kappa shape index (κ3) is 2.60. The van der Waals surface area contributed by atoms with Crippen molar-refractivity contribution in [1.82, 2.24) is 9.97 Å². The van der Waals surface area contributed by atoms with Crippen molar-refractivity contribution in [3.05, 3.63) is 16.8 Å².